The third-order valence-electron chi connectivity index (χ3n) is 6.62. The maximum Gasteiger partial charge on any atom is 0.296 e. The van der Waals surface area contributed by atoms with Gasteiger partial charge in [-0.05, 0) is 94.3 Å². The third-order valence-corrected chi connectivity index (χ3v) is 9.58. The minimum atomic E-state index is -4.80. The SMILES string of the molecule is O=C(Nc1cc2ccc(S(=O)(=O)O)cc2cc1SOOO)c1ccc(C(=O)Nc2cc3ccc(SOOO)cc3cc2S(=O)(=O)O)cc1. The molecule has 0 radical (unpaired) electrons. The molecule has 0 aliphatic heterocycles. The zero-order chi connectivity index (χ0) is 34.6. The van der Waals surface area contributed by atoms with Crippen LogP contribution in [0.25, 0.3) is 21.5 Å². The summed E-state index contributed by atoms with van der Waals surface area (Å²) >= 11 is 1.13. The van der Waals surface area contributed by atoms with E-state index in [0.717, 1.165) is 6.07 Å². The molecule has 250 valence electrons. The van der Waals surface area contributed by atoms with Crippen molar-refractivity contribution in [3.63, 3.8) is 0 Å². The van der Waals surface area contributed by atoms with E-state index in [1.54, 1.807) is 12.1 Å². The molecular weight excluding hydrogens is 717 g/mol. The summed E-state index contributed by atoms with van der Waals surface area (Å²) in [6.07, 6.45) is 0. The molecule has 0 bridgehead atoms. The summed E-state index contributed by atoms with van der Waals surface area (Å²) in [4.78, 5) is 25.9. The molecule has 0 aromatic heterocycles. The Morgan fingerprint density at radius 3 is 1.71 bits per heavy atom. The minimum Gasteiger partial charge on any atom is -0.321 e. The molecule has 5 rings (SSSR count). The van der Waals surface area contributed by atoms with E-state index in [2.05, 4.69) is 29.4 Å². The zero-order valence-corrected chi connectivity index (χ0v) is 26.9. The molecule has 20 heteroatoms. The average molecular weight is 737 g/mol. The number of carbonyl (C=O) groups is 2. The van der Waals surface area contributed by atoms with Crippen molar-refractivity contribution in [3.8, 4) is 0 Å². The summed E-state index contributed by atoms with van der Waals surface area (Å²) in [5, 5.41) is 30.9. The number of anilines is 2. The summed E-state index contributed by atoms with van der Waals surface area (Å²) in [5.41, 5.74) is 0.0828. The lowest BCUT2D eigenvalue weighted by Gasteiger charge is -2.13. The highest BCUT2D eigenvalue weighted by molar-refractivity contribution is 7.95. The van der Waals surface area contributed by atoms with Crippen molar-refractivity contribution >= 4 is 89.1 Å². The highest BCUT2D eigenvalue weighted by Crippen LogP contribution is 2.35. The van der Waals surface area contributed by atoms with Crippen LogP contribution in [0.4, 0.5) is 11.4 Å². The molecule has 0 atom stereocenters. The van der Waals surface area contributed by atoms with E-state index >= 15 is 0 Å². The second kappa shape index (κ2) is 14.5. The number of hydrogen-bond acceptors (Lipinski definition) is 14. The van der Waals surface area contributed by atoms with E-state index in [1.165, 1.54) is 66.7 Å². The van der Waals surface area contributed by atoms with Crippen molar-refractivity contribution in [2.75, 3.05) is 10.6 Å². The Morgan fingerprint density at radius 1 is 0.583 bits per heavy atom. The lowest BCUT2D eigenvalue weighted by molar-refractivity contribution is -0.432. The van der Waals surface area contributed by atoms with Crippen molar-refractivity contribution in [1.29, 1.82) is 0 Å². The van der Waals surface area contributed by atoms with Gasteiger partial charge in [0.15, 0.2) is 0 Å². The Bertz CT molecular complexity index is 2260. The van der Waals surface area contributed by atoms with Crippen molar-refractivity contribution in [1.82, 2.24) is 0 Å². The van der Waals surface area contributed by atoms with Crippen molar-refractivity contribution in [2.45, 2.75) is 19.6 Å². The molecule has 6 N–H and O–H groups in total. The van der Waals surface area contributed by atoms with E-state index in [4.69, 9.17) is 10.5 Å². The predicted octanol–water partition coefficient (Wildman–Crippen LogP) is 5.85. The van der Waals surface area contributed by atoms with Gasteiger partial charge >= 0.3 is 0 Å². The molecule has 2 amide bonds. The fourth-order valence-corrected chi connectivity index (χ4v) is 6.53. The molecule has 16 nitrogen and oxygen atoms in total. The van der Waals surface area contributed by atoms with Gasteiger partial charge in [0.1, 0.15) is 4.90 Å². The van der Waals surface area contributed by atoms with Gasteiger partial charge in [-0.2, -0.15) is 16.8 Å². The normalized spacial score (nSPS) is 11.9. The summed E-state index contributed by atoms with van der Waals surface area (Å²) in [5.74, 6) is -1.40. The first-order chi connectivity index (χ1) is 22.8. The van der Waals surface area contributed by atoms with Gasteiger partial charge in [0.2, 0.25) is 0 Å². The molecule has 0 saturated heterocycles. The van der Waals surface area contributed by atoms with Gasteiger partial charge in [-0.3, -0.25) is 18.7 Å². The van der Waals surface area contributed by atoms with Crippen LogP contribution in [0.3, 0.4) is 0 Å². The van der Waals surface area contributed by atoms with E-state index in [-0.39, 0.29) is 32.3 Å². The summed E-state index contributed by atoms with van der Waals surface area (Å²) < 4.78 is 75.5. The molecule has 0 saturated carbocycles. The van der Waals surface area contributed by atoms with Crippen molar-refractivity contribution in [3.05, 3.63) is 96.1 Å². The Labute approximate surface area is 279 Å². The molecule has 0 fully saturated rings. The molecule has 0 spiro atoms. The van der Waals surface area contributed by atoms with E-state index in [9.17, 15) is 35.5 Å². The first-order valence-corrected chi connectivity index (χ1v) is 17.3. The molecule has 48 heavy (non-hydrogen) atoms. The first-order valence-electron chi connectivity index (χ1n) is 12.9. The van der Waals surface area contributed by atoms with Gasteiger partial charge in [0.25, 0.3) is 32.1 Å². The van der Waals surface area contributed by atoms with Gasteiger partial charge in [0, 0.05) is 16.0 Å². The summed E-state index contributed by atoms with van der Waals surface area (Å²) in [7, 11) is -9.29. The van der Waals surface area contributed by atoms with Crippen LogP contribution in [0.5, 0.6) is 0 Å². The lowest BCUT2D eigenvalue weighted by atomic mass is 10.1. The lowest BCUT2D eigenvalue weighted by Crippen LogP contribution is -2.16. The second-order valence-electron chi connectivity index (χ2n) is 9.60. The van der Waals surface area contributed by atoms with E-state index in [1.807, 2.05) is 0 Å². The van der Waals surface area contributed by atoms with Crippen LogP contribution in [0.2, 0.25) is 0 Å². The minimum absolute atomic E-state index is 0.0333. The maximum absolute atomic E-state index is 13.1. The Morgan fingerprint density at radius 2 is 1.12 bits per heavy atom. The largest absolute Gasteiger partial charge is 0.321 e. The van der Waals surface area contributed by atoms with Crippen LogP contribution in [-0.2, 0) is 39.0 Å². The van der Waals surface area contributed by atoms with Crippen LogP contribution >= 0.6 is 24.1 Å². The fourth-order valence-electron chi connectivity index (χ4n) is 4.47. The molecule has 0 heterocycles. The number of amides is 2. The number of rotatable bonds is 12. The molecule has 5 aromatic carbocycles. The van der Waals surface area contributed by atoms with Gasteiger partial charge in [-0.15, -0.1) is 8.67 Å². The van der Waals surface area contributed by atoms with Crippen molar-refractivity contribution in [2.24, 2.45) is 0 Å². The quantitative estimate of drug-likeness (QED) is 0.0381. The maximum atomic E-state index is 13.1. The van der Waals surface area contributed by atoms with Crippen LogP contribution in [0.1, 0.15) is 20.7 Å². The smallest absolute Gasteiger partial charge is 0.296 e. The standard InChI is InChI=1S/C28H20N2O14S4/c31-27(29-23-11-18-6-8-22(47(35,36)37)10-20(18)13-25(23)46-44-42-34)15-1-3-16(4-2-15)28(32)30-24-12-17-5-7-21(45-43-41-33)9-19(17)14-26(24)48(38,39)40/h1-14,33-34H,(H,29,31)(H,30,32)(H,35,36,37)(H,38,39,40). The van der Waals surface area contributed by atoms with Crippen LogP contribution in [0, 0.1) is 0 Å². The van der Waals surface area contributed by atoms with Gasteiger partial charge in [-0.25, -0.2) is 10.5 Å². The predicted molar refractivity (Wildman–Crippen MR) is 171 cm³/mol. The van der Waals surface area contributed by atoms with Crippen LogP contribution < -0.4 is 10.6 Å². The number of carbonyl (C=O) groups excluding carboxylic acids is 2. The Kier molecular flexibility index (Phi) is 10.6. The van der Waals surface area contributed by atoms with Crippen LogP contribution in [-0.4, -0.2) is 48.3 Å². The van der Waals surface area contributed by atoms with Crippen molar-refractivity contribution < 1.29 is 64.8 Å². The number of benzene rings is 5. The number of fused-ring (bicyclic) bond motifs is 2. The Balaban J connectivity index is 1.37. The number of hydrogen-bond donors (Lipinski definition) is 6. The summed E-state index contributed by atoms with van der Waals surface area (Å²) in [6.45, 7) is 0. The zero-order valence-electron chi connectivity index (χ0n) is 23.6. The molecule has 5 aromatic rings. The number of nitrogens with one attached hydrogen (secondary N) is 2. The van der Waals surface area contributed by atoms with E-state index in [0.29, 0.717) is 50.5 Å². The summed E-state index contributed by atoms with van der Waals surface area (Å²) in [6, 6.07) is 19.1. The molecule has 0 aliphatic rings. The van der Waals surface area contributed by atoms with Gasteiger partial charge in [-0.1, -0.05) is 22.2 Å². The topological polar surface area (TPSA) is 244 Å². The highest BCUT2D eigenvalue weighted by Gasteiger charge is 2.20. The molecule has 0 aliphatic carbocycles. The second-order valence-corrected chi connectivity index (χ2v) is 13.9. The Hall–Kier alpha value is -4.16. The monoisotopic (exact) mass is 736 g/mol. The first kappa shape index (κ1) is 35.2. The third kappa shape index (κ3) is 8.27. The van der Waals surface area contributed by atoms with E-state index < -0.39 is 36.9 Å². The fraction of sp³-hybridized carbons (Fsp3) is 0. The van der Waals surface area contributed by atoms with Crippen LogP contribution in [0.15, 0.2) is 105 Å². The molecule has 0 unspecified atom stereocenters. The van der Waals surface area contributed by atoms with Gasteiger partial charge in [0.05, 0.1) is 45.3 Å². The highest BCUT2D eigenvalue weighted by atomic mass is 32.2. The molecular formula is C28H20N2O14S4. The average Bonchev–Trinajstić information content (AvgIpc) is 3.04. The van der Waals surface area contributed by atoms with Gasteiger partial charge < -0.3 is 10.6 Å².